The van der Waals surface area contributed by atoms with E-state index in [-0.39, 0.29) is 6.04 Å². The Labute approximate surface area is 172 Å². The fourth-order valence-electron chi connectivity index (χ4n) is 4.21. The predicted molar refractivity (Wildman–Crippen MR) is 119 cm³/mol. The van der Waals surface area contributed by atoms with Crippen LogP contribution >= 0.6 is 0 Å². The Morgan fingerprint density at radius 3 is 2.55 bits per heavy atom. The van der Waals surface area contributed by atoms with Crippen molar-refractivity contribution in [3.05, 3.63) is 89.5 Å². The number of primary amides is 1. The SMILES string of the molecule is CCc1ccccc1-c1ccc(C(N)=O)cc1N1CCNCC1c1ccccc1. The van der Waals surface area contributed by atoms with Crippen LogP contribution in [0.4, 0.5) is 5.69 Å². The van der Waals surface area contributed by atoms with Gasteiger partial charge in [0.25, 0.3) is 0 Å². The third kappa shape index (κ3) is 3.89. The number of carbonyl (C=O) groups excluding carboxylic acids is 1. The van der Waals surface area contributed by atoms with Crippen LogP contribution in [0.15, 0.2) is 72.8 Å². The van der Waals surface area contributed by atoms with Crippen LogP contribution in [0, 0.1) is 0 Å². The molecule has 3 aromatic rings. The largest absolute Gasteiger partial charge is 0.366 e. The van der Waals surface area contributed by atoms with Gasteiger partial charge in [-0.25, -0.2) is 0 Å². The summed E-state index contributed by atoms with van der Waals surface area (Å²) in [5.74, 6) is -0.395. The molecule has 1 atom stereocenters. The lowest BCUT2D eigenvalue weighted by molar-refractivity contribution is 0.100. The zero-order valence-electron chi connectivity index (χ0n) is 16.8. The smallest absolute Gasteiger partial charge is 0.248 e. The number of aryl methyl sites for hydroxylation is 1. The van der Waals surface area contributed by atoms with E-state index in [4.69, 9.17) is 5.73 Å². The molecule has 29 heavy (non-hydrogen) atoms. The molecule has 0 bridgehead atoms. The third-order valence-corrected chi connectivity index (χ3v) is 5.71. The van der Waals surface area contributed by atoms with Gasteiger partial charge in [-0.05, 0) is 35.2 Å². The highest BCUT2D eigenvalue weighted by molar-refractivity contribution is 5.96. The van der Waals surface area contributed by atoms with E-state index in [9.17, 15) is 4.79 Å². The van der Waals surface area contributed by atoms with E-state index in [0.29, 0.717) is 5.56 Å². The van der Waals surface area contributed by atoms with Gasteiger partial charge < -0.3 is 16.0 Å². The summed E-state index contributed by atoms with van der Waals surface area (Å²) in [4.78, 5) is 14.4. The monoisotopic (exact) mass is 385 g/mol. The van der Waals surface area contributed by atoms with E-state index in [1.165, 1.54) is 16.7 Å². The van der Waals surface area contributed by atoms with Crippen molar-refractivity contribution in [3.63, 3.8) is 0 Å². The Balaban J connectivity index is 1.88. The minimum atomic E-state index is -0.395. The lowest BCUT2D eigenvalue weighted by atomic mass is 9.93. The first-order valence-electron chi connectivity index (χ1n) is 10.2. The van der Waals surface area contributed by atoms with Crippen molar-refractivity contribution < 1.29 is 4.79 Å². The number of rotatable bonds is 5. The van der Waals surface area contributed by atoms with Crippen molar-refractivity contribution in [1.82, 2.24) is 5.32 Å². The zero-order valence-corrected chi connectivity index (χ0v) is 16.8. The molecule has 1 saturated heterocycles. The molecule has 4 nitrogen and oxygen atoms in total. The second-order valence-electron chi connectivity index (χ2n) is 7.43. The Hall–Kier alpha value is -3.11. The van der Waals surface area contributed by atoms with Gasteiger partial charge in [-0.2, -0.15) is 0 Å². The number of amides is 1. The van der Waals surface area contributed by atoms with E-state index >= 15 is 0 Å². The first-order chi connectivity index (χ1) is 14.2. The van der Waals surface area contributed by atoms with Crippen LogP contribution in [0.5, 0.6) is 0 Å². The summed E-state index contributed by atoms with van der Waals surface area (Å²) in [5.41, 5.74) is 12.2. The Morgan fingerprint density at radius 1 is 1.03 bits per heavy atom. The zero-order chi connectivity index (χ0) is 20.2. The maximum absolute atomic E-state index is 11.9. The quantitative estimate of drug-likeness (QED) is 0.693. The summed E-state index contributed by atoms with van der Waals surface area (Å²) in [6.45, 7) is 4.80. The molecule has 0 saturated carbocycles. The highest BCUT2D eigenvalue weighted by Crippen LogP contribution is 2.38. The van der Waals surface area contributed by atoms with Crippen molar-refractivity contribution in [1.29, 1.82) is 0 Å². The van der Waals surface area contributed by atoms with Crippen molar-refractivity contribution in [2.75, 3.05) is 24.5 Å². The minimum Gasteiger partial charge on any atom is -0.366 e. The fraction of sp³-hybridized carbons (Fsp3) is 0.240. The lowest BCUT2D eigenvalue weighted by Crippen LogP contribution is -2.46. The summed E-state index contributed by atoms with van der Waals surface area (Å²) in [6, 6.07) is 25.1. The molecule has 4 heteroatoms. The number of carbonyl (C=O) groups is 1. The summed E-state index contributed by atoms with van der Waals surface area (Å²) >= 11 is 0. The fourth-order valence-corrected chi connectivity index (χ4v) is 4.21. The van der Waals surface area contributed by atoms with E-state index in [1.807, 2.05) is 24.3 Å². The molecule has 3 N–H and O–H groups in total. The molecule has 0 aliphatic carbocycles. The summed E-state index contributed by atoms with van der Waals surface area (Å²) in [5, 5.41) is 3.52. The molecule has 3 aromatic carbocycles. The summed E-state index contributed by atoms with van der Waals surface area (Å²) in [6.07, 6.45) is 0.955. The maximum atomic E-state index is 11.9. The highest BCUT2D eigenvalue weighted by Gasteiger charge is 2.27. The van der Waals surface area contributed by atoms with Gasteiger partial charge in [0.1, 0.15) is 0 Å². The van der Waals surface area contributed by atoms with Crippen LogP contribution < -0.4 is 16.0 Å². The average Bonchev–Trinajstić information content (AvgIpc) is 2.79. The number of benzene rings is 3. The molecule has 1 heterocycles. The van der Waals surface area contributed by atoms with E-state index in [0.717, 1.165) is 37.3 Å². The molecule has 4 rings (SSSR count). The van der Waals surface area contributed by atoms with Crippen molar-refractivity contribution in [2.24, 2.45) is 5.73 Å². The van der Waals surface area contributed by atoms with E-state index in [1.54, 1.807) is 0 Å². The van der Waals surface area contributed by atoms with Gasteiger partial charge in [0.2, 0.25) is 5.91 Å². The minimum absolute atomic E-state index is 0.195. The van der Waals surface area contributed by atoms with Gasteiger partial charge in [0.15, 0.2) is 0 Å². The van der Waals surface area contributed by atoms with Gasteiger partial charge in [0.05, 0.1) is 6.04 Å². The molecule has 1 aliphatic rings. The van der Waals surface area contributed by atoms with Crippen LogP contribution in [-0.2, 0) is 6.42 Å². The first-order valence-corrected chi connectivity index (χ1v) is 10.2. The van der Waals surface area contributed by atoms with Crippen LogP contribution in [0.3, 0.4) is 0 Å². The van der Waals surface area contributed by atoms with Crippen LogP contribution in [-0.4, -0.2) is 25.5 Å². The normalized spacial score (nSPS) is 16.6. The number of hydrogen-bond donors (Lipinski definition) is 2. The molecule has 0 spiro atoms. The number of nitrogens with zero attached hydrogens (tertiary/aromatic N) is 1. The van der Waals surface area contributed by atoms with Crippen molar-refractivity contribution in [2.45, 2.75) is 19.4 Å². The van der Waals surface area contributed by atoms with Gasteiger partial charge >= 0.3 is 0 Å². The van der Waals surface area contributed by atoms with E-state index < -0.39 is 5.91 Å². The van der Waals surface area contributed by atoms with Gasteiger partial charge in [-0.3, -0.25) is 4.79 Å². The molecule has 0 aromatic heterocycles. The van der Waals surface area contributed by atoms with Crippen LogP contribution in [0.1, 0.15) is 34.5 Å². The predicted octanol–water partition coefficient (Wildman–Crippen LogP) is 4.17. The van der Waals surface area contributed by atoms with Crippen LogP contribution in [0.25, 0.3) is 11.1 Å². The molecule has 0 radical (unpaired) electrons. The molecule has 1 fully saturated rings. The van der Waals surface area contributed by atoms with Gasteiger partial charge in [0, 0.05) is 36.4 Å². The van der Waals surface area contributed by atoms with Gasteiger partial charge in [-0.1, -0.05) is 67.6 Å². The van der Waals surface area contributed by atoms with E-state index in [2.05, 4.69) is 65.7 Å². The lowest BCUT2D eigenvalue weighted by Gasteiger charge is -2.39. The summed E-state index contributed by atoms with van der Waals surface area (Å²) in [7, 11) is 0. The molecule has 1 amide bonds. The Kier molecular flexibility index (Phi) is 5.63. The maximum Gasteiger partial charge on any atom is 0.248 e. The molecular weight excluding hydrogens is 358 g/mol. The first kappa shape index (κ1) is 19.2. The van der Waals surface area contributed by atoms with Gasteiger partial charge in [-0.15, -0.1) is 0 Å². The average molecular weight is 386 g/mol. The second kappa shape index (κ2) is 8.50. The number of nitrogens with one attached hydrogen (secondary N) is 1. The number of anilines is 1. The molecule has 1 unspecified atom stereocenters. The van der Waals surface area contributed by atoms with Crippen LogP contribution in [0.2, 0.25) is 0 Å². The number of piperazine rings is 1. The standard InChI is InChI=1S/C25H27N3O/c1-2-18-8-6-7-11-21(18)22-13-12-20(25(26)29)16-23(22)28-15-14-27-17-24(28)19-9-4-3-5-10-19/h3-13,16,24,27H,2,14-15,17H2,1H3,(H2,26,29). The Morgan fingerprint density at radius 2 is 1.79 bits per heavy atom. The Bertz CT molecular complexity index is 1000. The number of nitrogens with two attached hydrogens (primary N) is 1. The van der Waals surface area contributed by atoms with Crippen molar-refractivity contribution >= 4 is 11.6 Å². The summed E-state index contributed by atoms with van der Waals surface area (Å²) < 4.78 is 0. The molecular formula is C25H27N3O. The third-order valence-electron chi connectivity index (χ3n) is 5.71. The highest BCUT2D eigenvalue weighted by atomic mass is 16.1. The topological polar surface area (TPSA) is 58.4 Å². The molecule has 1 aliphatic heterocycles. The number of hydrogen-bond acceptors (Lipinski definition) is 3. The van der Waals surface area contributed by atoms with Crippen molar-refractivity contribution in [3.8, 4) is 11.1 Å². The molecule has 148 valence electrons. The second-order valence-corrected chi connectivity index (χ2v) is 7.43.